The van der Waals surface area contributed by atoms with E-state index in [-0.39, 0.29) is 10.8 Å². The molecule has 0 radical (unpaired) electrons. The van der Waals surface area contributed by atoms with Gasteiger partial charge < -0.3 is 9.84 Å². The van der Waals surface area contributed by atoms with E-state index < -0.39 is 10.0 Å². The van der Waals surface area contributed by atoms with E-state index in [9.17, 15) is 13.2 Å². The Balaban J connectivity index is 1.60. The van der Waals surface area contributed by atoms with Crippen LogP contribution >= 0.6 is 0 Å². The predicted octanol–water partition coefficient (Wildman–Crippen LogP) is 2.44. The standard InChI is InChI=1S/C19H25N3O4S/c1-14-18(15(2)26-21-14)10-11-20-19(23)16-6-8-17(9-7-16)27(24,25)22-12-4-3-5-13-22/h6-9H,3-5,10-13H2,1-2H3,(H,20,23). The van der Waals surface area contributed by atoms with Crippen molar-refractivity contribution in [1.29, 1.82) is 0 Å². The van der Waals surface area contributed by atoms with Gasteiger partial charge >= 0.3 is 0 Å². The zero-order valence-corrected chi connectivity index (χ0v) is 16.5. The lowest BCUT2D eigenvalue weighted by atomic mass is 10.1. The molecule has 146 valence electrons. The molecule has 2 aromatic rings. The lowest BCUT2D eigenvalue weighted by Gasteiger charge is -2.25. The van der Waals surface area contributed by atoms with Crippen LogP contribution in [0.1, 0.15) is 46.6 Å². The minimum atomic E-state index is -3.48. The number of nitrogens with zero attached hydrogens (tertiary/aromatic N) is 2. The Morgan fingerprint density at radius 1 is 1.15 bits per heavy atom. The summed E-state index contributed by atoms with van der Waals surface area (Å²) >= 11 is 0. The topological polar surface area (TPSA) is 92.5 Å². The van der Waals surface area contributed by atoms with Crippen LogP contribution in [0.15, 0.2) is 33.7 Å². The van der Waals surface area contributed by atoms with Crippen LogP contribution in [0.25, 0.3) is 0 Å². The maximum Gasteiger partial charge on any atom is 0.251 e. The first-order valence-electron chi connectivity index (χ1n) is 9.20. The summed E-state index contributed by atoms with van der Waals surface area (Å²) in [6.07, 6.45) is 3.49. The normalized spacial score (nSPS) is 15.6. The SMILES string of the molecule is Cc1noc(C)c1CCNC(=O)c1ccc(S(=O)(=O)N2CCCCC2)cc1. The molecule has 0 atom stereocenters. The second kappa shape index (κ2) is 8.22. The lowest BCUT2D eigenvalue weighted by molar-refractivity contribution is 0.0954. The molecule has 8 heteroatoms. The molecule has 0 bridgehead atoms. The predicted molar refractivity (Wildman–Crippen MR) is 101 cm³/mol. The van der Waals surface area contributed by atoms with Crippen LogP contribution in [0.5, 0.6) is 0 Å². The molecule has 27 heavy (non-hydrogen) atoms. The Labute approximate surface area is 159 Å². The molecule has 7 nitrogen and oxygen atoms in total. The van der Waals surface area contributed by atoms with E-state index in [4.69, 9.17) is 4.52 Å². The Morgan fingerprint density at radius 3 is 2.41 bits per heavy atom. The van der Waals surface area contributed by atoms with Gasteiger partial charge in [-0.25, -0.2) is 8.42 Å². The number of carbonyl (C=O) groups excluding carboxylic acids is 1. The fourth-order valence-electron chi connectivity index (χ4n) is 3.29. The highest BCUT2D eigenvalue weighted by molar-refractivity contribution is 7.89. The molecule has 0 unspecified atom stereocenters. The molecule has 1 N–H and O–H groups in total. The number of hydrogen-bond acceptors (Lipinski definition) is 5. The summed E-state index contributed by atoms with van der Waals surface area (Å²) in [6.45, 7) is 5.29. The van der Waals surface area contributed by atoms with Crippen molar-refractivity contribution in [2.45, 2.75) is 44.4 Å². The van der Waals surface area contributed by atoms with E-state index in [0.29, 0.717) is 31.6 Å². The van der Waals surface area contributed by atoms with Crippen LogP contribution in [0.4, 0.5) is 0 Å². The summed E-state index contributed by atoms with van der Waals surface area (Å²) in [5.41, 5.74) is 2.26. The van der Waals surface area contributed by atoms with Gasteiger partial charge in [-0.1, -0.05) is 11.6 Å². The minimum Gasteiger partial charge on any atom is -0.361 e. The zero-order chi connectivity index (χ0) is 19.4. The quantitative estimate of drug-likeness (QED) is 0.816. The summed E-state index contributed by atoms with van der Waals surface area (Å²) in [5.74, 6) is 0.526. The maximum atomic E-state index is 12.6. The third-order valence-electron chi connectivity index (χ3n) is 4.91. The van der Waals surface area contributed by atoms with Crippen molar-refractivity contribution in [2.24, 2.45) is 0 Å². The minimum absolute atomic E-state index is 0.233. The molecule has 1 aromatic carbocycles. The van der Waals surface area contributed by atoms with E-state index in [1.807, 2.05) is 13.8 Å². The fraction of sp³-hybridized carbons (Fsp3) is 0.474. The van der Waals surface area contributed by atoms with Gasteiger partial charge in [0, 0.05) is 30.8 Å². The second-order valence-corrected chi connectivity index (χ2v) is 8.74. The highest BCUT2D eigenvalue weighted by atomic mass is 32.2. The number of benzene rings is 1. The fourth-order valence-corrected chi connectivity index (χ4v) is 4.81. The van der Waals surface area contributed by atoms with Crippen LogP contribution in [0.3, 0.4) is 0 Å². The molecule has 0 saturated carbocycles. The van der Waals surface area contributed by atoms with Gasteiger partial charge in [-0.05, 0) is 57.4 Å². The number of aryl methyl sites for hydroxylation is 2. The molecule has 0 spiro atoms. The molecule has 1 aromatic heterocycles. The monoisotopic (exact) mass is 391 g/mol. The number of carbonyl (C=O) groups is 1. The molecule has 1 aliphatic heterocycles. The van der Waals surface area contributed by atoms with Gasteiger partial charge in [0.1, 0.15) is 5.76 Å². The van der Waals surface area contributed by atoms with Crippen molar-refractivity contribution in [3.8, 4) is 0 Å². The van der Waals surface area contributed by atoms with Gasteiger partial charge in [-0.3, -0.25) is 4.79 Å². The van der Waals surface area contributed by atoms with Crippen molar-refractivity contribution in [2.75, 3.05) is 19.6 Å². The summed E-state index contributed by atoms with van der Waals surface area (Å²) in [4.78, 5) is 12.5. The zero-order valence-electron chi connectivity index (χ0n) is 15.7. The van der Waals surface area contributed by atoms with Crippen molar-refractivity contribution < 1.29 is 17.7 Å². The van der Waals surface area contributed by atoms with E-state index in [1.54, 1.807) is 12.1 Å². The second-order valence-electron chi connectivity index (χ2n) is 6.80. The average Bonchev–Trinajstić information content (AvgIpc) is 3.00. The molecule has 1 fully saturated rings. The van der Waals surface area contributed by atoms with E-state index in [2.05, 4.69) is 10.5 Å². The first kappa shape index (κ1) is 19.6. The molecule has 1 amide bonds. The van der Waals surface area contributed by atoms with E-state index in [1.165, 1.54) is 16.4 Å². The molecule has 2 heterocycles. The number of rotatable bonds is 6. The Hall–Kier alpha value is -2.19. The number of piperidine rings is 1. The number of hydrogen-bond donors (Lipinski definition) is 1. The van der Waals surface area contributed by atoms with Gasteiger partial charge in [0.05, 0.1) is 10.6 Å². The summed E-state index contributed by atoms with van der Waals surface area (Å²) in [5, 5.41) is 6.74. The average molecular weight is 391 g/mol. The third kappa shape index (κ3) is 4.39. The number of sulfonamides is 1. The Bertz CT molecular complexity index is 878. The molecule has 3 rings (SSSR count). The summed E-state index contributed by atoms with van der Waals surface area (Å²) in [6, 6.07) is 6.13. The van der Waals surface area contributed by atoms with Crippen LogP contribution in [0.2, 0.25) is 0 Å². The molecule has 1 saturated heterocycles. The van der Waals surface area contributed by atoms with Gasteiger partial charge in [0.25, 0.3) is 5.91 Å². The molecule has 1 aliphatic rings. The largest absolute Gasteiger partial charge is 0.361 e. The van der Waals surface area contributed by atoms with E-state index >= 15 is 0 Å². The number of amides is 1. The van der Waals surface area contributed by atoms with Crippen molar-refractivity contribution in [3.63, 3.8) is 0 Å². The first-order chi connectivity index (χ1) is 12.9. The smallest absolute Gasteiger partial charge is 0.251 e. The first-order valence-corrected chi connectivity index (χ1v) is 10.6. The van der Waals surface area contributed by atoms with Crippen molar-refractivity contribution >= 4 is 15.9 Å². The number of nitrogens with one attached hydrogen (secondary N) is 1. The van der Waals surface area contributed by atoms with Gasteiger partial charge in [-0.2, -0.15) is 4.31 Å². The highest BCUT2D eigenvalue weighted by Gasteiger charge is 2.25. The van der Waals surface area contributed by atoms with Gasteiger partial charge in [0.15, 0.2) is 0 Å². The van der Waals surface area contributed by atoms with Crippen molar-refractivity contribution in [1.82, 2.24) is 14.8 Å². The Morgan fingerprint density at radius 2 is 1.81 bits per heavy atom. The molecular weight excluding hydrogens is 366 g/mol. The maximum absolute atomic E-state index is 12.6. The third-order valence-corrected chi connectivity index (χ3v) is 6.82. The summed E-state index contributed by atoms with van der Waals surface area (Å²) < 4.78 is 31.9. The molecule has 0 aliphatic carbocycles. The van der Waals surface area contributed by atoms with Crippen molar-refractivity contribution in [3.05, 3.63) is 46.8 Å². The summed E-state index contributed by atoms with van der Waals surface area (Å²) in [7, 11) is -3.48. The van der Waals surface area contributed by atoms with Gasteiger partial charge in [-0.15, -0.1) is 0 Å². The highest BCUT2D eigenvalue weighted by Crippen LogP contribution is 2.21. The van der Waals surface area contributed by atoms with Gasteiger partial charge in [0.2, 0.25) is 10.0 Å². The van der Waals surface area contributed by atoms with Crippen LogP contribution in [-0.4, -0.2) is 43.4 Å². The molecular formula is C19H25N3O4S. The van der Waals surface area contributed by atoms with Crippen LogP contribution in [-0.2, 0) is 16.4 Å². The van der Waals surface area contributed by atoms with E-state index in [0.717, 1.165) is 36.3 Å². The lowest BCUT2D eigenvalue weighted by Crippen LogP contribution is -2.35. The Kier molecular flexibility index (Phi) is 5.96. The van der Waals surface area contributed by atoms with Crippen LogP contribution < -0.4 is 5.32 Å². The number of aromatic nitrogens is 1. The van der Waals surface area contributed by atoms with Crippen LogP contribution in [0, 0.1) is 13.8 Å².